The molecule has 0 N–H and O–H groups in total. The molecule has 6 aliphatic rings. The number of nitrogens with zero attached hydrogens (tertiary/aromatic N) is 2. The molecule has 0 spiro atoms. The normalized spacial score (nSPS) is 25.3. The minimum atomic E-state index is -0.101. The zero-order chi connectivity index (χ0) is 39.9. The van der Waals surface area contributed by atoms with Gasteiger partial charge in [-0.05, 0) is 140 Å². The fraction of sp³-hybridized carbons (Fsp3) is 0.434. The van der Waals surface area contributed by atoms with Crippen LogP contribution in [0, 0.1) is 18.3 Å². The standard InChI is InChI=1S/C53H59BN2O/c1-30-25-41-45-42(26-30)56-40-29-36-35(51(8,9)21-22-52(36,10)11)28-37(40)53(12)24-23-50(6,7)34-18-19-38(47(56)44(34)53)54(45)48-46(33-15-13-14-16-43(33)57-48)55(41)39-20-17-32(27-31(39)2)49(3,4)5/h13-20,25-29,31,39H,21-24H2,1-12H3. The van der Waals surface area contributed by atoms with Gasteiger partial charge in [0.05, 0.1) is 23.1 Å². The van der Waals surface area contributed by atoms with Crippen molar-refractivity contribution in [2.45, 2.75) is 136 Å². The Morgan fingerprint density at radius 1 is 0.719 bits per heavy atom. The molecule has 4 heteroatoms. The van der Waals surface area contributed by atoms with Crippen molar-refractivity contribution in [2.75, 3.05) is 9.80 Å². The van der Waals surface area contributed by atoms with Crippen molar-refractivity contribution >= 4 is 62.7 Å². The quantitative estimate of drug-likeness (QED) is 0.156. The van der Waals surface area contributed by atoms with Crippen molar-refractivity contribution in [1.29, 1.82) is 0 Å². The van der Waals surface area contributed by atoms with E-state index in [9.17, 15) is 0 Å². The third kappa shape index (κ3) is 4.57. The van der Waals surface area contributed by atoms with Crippen LogP contribution in [-0.4, -0.2) is 12.8 Å². The average Bonchev–Trinajstić information content (AvgIpc) is 3.53. The number of anilines is 5. The molecule has 1 aromatic heterocycles. The van der Waals surface area contributed by atoms with E-state index < -0.39 is 0 Å². The summed E-state index contributed by atoms with van der Waals surface area (Å²) in [4.78, 5) is 5.44. The Kier molecular flexibility index (Phi) is 6.88. The second-order valence-electron chi connectivity index (χ2n) is 22.1. The molecule has 0 saturated carbocycles. The highest BCUT2D eigenvalue weighted by atomic mass is 16.3. The Hall–Kier alpha value is -4.44. The van der Waals surface area contributed by atoms with E-state index in [0.717, 1.165) is 17.7 Å². The van der Waals surface area contributed by atoms with Gasteiger partial charge in [-0.3, -0.25) is 0 Å². The molecule has 3 nitrogen and oxygen atoms in total. The molecule has 0 bridgehead atoms. The van der Waals surface area contributed by atoms with Crippen molar-refractivity contribution in [3.8, 4) is 0 Å². The molecule has 5 aromatic rings. The third-order valence-electron chi connectivity index (χ3n) is 15.9. The van der Waals surface area contributed by atoms with Crippen molar-refractivity contribution in [3.05, 3.63) is 118 Å². The van der Waals surface area contributed by atoms with Crippen LogP contribution in [-0.2, 0) is 21.7 Å². The lowest BCUT2D eigenvalue weighted by Gasteiger charge is -2.55. The van der Waals surface area contributed by atoms with Gasteiger partial charge in [0, 0.05) is 27.9 Å². The third-order valence-corrected chi connectivity index (χ3v) is 15.9. The molecule has 0 fully saturated rings. The van der Waals surface area contributed by atoms with E-state index in [1.54, 1.807) is 11.1 Å². The Morgan fingerprint density at radius 3 is 2.11 bits per heavy atom. The predicted molar refractivity (Wildman–Crippen MR) is 243 cm³/mol. The second-order valence-corrected chi connectivity index (χ2v) is 22.1. The molecule has 57 heavy (non-hydrogen) atoms. The summed E-state index contributed by atoms with van der Waals surface area (Å²) in [6.45, 7) is 29.2. The largest absolute Gasteiger partial charge is 0.468 e. The van der Waals surface area contributed by atoms with E-state index in [2.05, 4.69) is 172 Å². The van der Waals surface area contributed by atoms with Gasteiger partial charge in [-0.15, -0.1) is 0 Å². The predicted octanol–water partition coefficient (Wildman–Crippen LogP) is 12.1. The van der Waals surface area contributed by atoms with Crippen molar-refractivity contribution in [1.82, 2.24) is 0 Å². The van der Waals surface area contributed by atoms with E-state index in [1.165, 1.54) is 91.8 Å². The number of benzene rings is 4. The molecule has 3 aliphatic carbocycles. The van der Waals surface area contributed by atoms with Gasteiger partial charge in [0.25, 0.3) is 6.71 Å². The maximum absolute atomic E-state index is 7.24. The lowest BCUT2D eigenvalue weighted by atomic mass is 9.34. The molecule has 0 radical (unpaired) electrons. The molecule has 290 valence electrons. The maximum Gasteiger partial charge on any atom is 0.297 e. The van der Waals surface area contributed by atoms with E-state index in [0.29, 0.717) is 5.92 Å². The summed E-state index contributed by atoms with van der Waals surface area (Å²) in [5.74, 6) is 0.303. The second kappa shape index (κ2) is 11.0. The van der Waals surface area contributed by atoms with Crippen molar-refractivity contribution < 1.29 is 4.42 Å². The van der Waals surface area contributed by atoms with E-state index in [-0.39, 0.29) is 39.8 Å². The summed E-state index contributed by atoms with van der Waals surface area (Å²) in [7, 11) is 0. The van der Waals surface area contributed by atoms with E-state index in [1.807, 2.05) is 0 Å². The van der Waals surface area contributed by atoms with Crippen molar-refractivity contribution in [2.24, 2.45) is 11.3 Å². The van der Waals surface area contributed by atoms with Crippen LogP contribution in [0.25, 0.3) is 11.0 Å². The zero-order valence-corrected chi connectivity index (χ0v) is 36.4. The summed E-state index contributed by atoms with van der Waals surface area (Å²) in [5, 5.41) is 1.20. The summed E-state index contributed by atoms with van der Waals surface area (Å²) >= 11 is 0. The highest BCUT2D eigenvalue weighted by Crippen LogP contribution is 2.62. The van der Waals surface area contributed by atoms with E-state index in [4.69, 9.17) is 4.42 Å². The molecular formula is C53H59BN2O. The minimum Gasteiger partial charge on any atom is -0.468 e. The van der Waals surface area contributed by atoms with Crippen LogP contribution >= 0.6 is 0 Å². The molecular weight excluding hydrogens is 691 g/mol. The Morgan fingerprint density at radius 2 is 1.39 bits per heavy atom. The number of furan rings is 1. The Bertz CT molecular complexity index is 2680. The van der Waals surface area contributed by atoms with Gasteiger partial charge in [0.2, 0.25) is 0 Å². The van der Waals surface area contributed by atoms with Crippen LogP contribution < -0.4 is 26.4 Å². The van der Waals surface area contributed by atoms with Gasteiger partial charge in [-0.25, -0.2) is 0 Å². The van der Waals surface area contributed by atoms with Crippen molar-refractivity contribution in [3.63, 3.8) is 0 Å². The summed E-state index contributed by atoms with van der Waals surface area (Å²) in [6, 6.07) is 24.3. The zero-order valence-electron chi connectivity index (χ0n) is 36.4. The van der Waals surface area contributed by atoms with Crippen LogP contribution in [0.5, 0.6) is 0 Å². The first-order valence-corrected chi connectivity index (χ1v) is 21.9. The topological polar surface area (TPSA) is 19.6 Å². The number of hydrogen-bond acceptors (Lipinski definition) is 3. The lowest BCUT2D eigenvalue weighted by molar-refractivity contribution is 0.327. The highest BCUT2D eigenvalue weighted by molar-refractivity contribution is 7.00. The first-order chi connectivity index (χ1) is 26.8. The number of hydrogen-bond donors (Lipinski definition) is 0. The van der Waals surface area contributed by atoms with Crippen LogP contribution in [0.2, 0.25) is 0 Å². The van der Waals surface area contributed by atoms with Gasteiger partial charge >= 0.3 is 0 Å². The SMILES string of the molecule is Cc1cc2c3c(c1)N(C1C=CC(C(C)(C)C)=CC1C)c1c(oc4ccccc14)B3c1ccc3c4c1N2c1cc2c(cc1C4(C)CCC3(C)C)C(C)(C)CCC2(C)C. The number of rotatable bonds is 1. The first kappa shape index (κ1) is 35.7. The fourth-order valence-corrected chi connectivity index (χ4v) is 12.3. The average molecular weight is 751 g/mol. The van der Waals surface area contributed by atoms with Crippen LogP contribution in [0.15, 0.2) is 88.9 Å². The molecule has 4 aromatic carbocycles. The van der Waals surface area contributed by atoms with Gasteiger partial charge in [0.15, 0.2) is 0 Å². The Balaban J connectivity index is 1.26. The van der Waals surface area contributed by atoms with Gasteiger partial charge < -0.3 is 14.2 Å². The maximum atomic E-state index is 7.24. The fourth-order valence-electron chi connectivity index (χ4n) is 12.3. The Labute approximate surface area is 341 Å². The molecule has 3 unspecified atom stereocenters. The molecule has 0 saturated heterocycles. The van der Waals surface area contributed by atoms with Crippen LogP contribution in [0.1, 0.15) is 135 Å². The molecule has 3 aliphatic heterocycles. The number of aryl methyl sites for hydroxylation is 1. The number of fused-ring (bicyclic) bond motifs is 10. The number of para-hydroxylation sites is 1. The number of allylic oxidation sites excluding steroid dienone is 2. The van der Waals surface area contributed by atoms with Crippen LogP contribution in [0.4, 0.5) is 28.4 Å². The van der Waals surface area contributed by atoms with Gasteiger partial charge in [-0.2, -0.15) is 0 Å². The highest BCUT2D eigenvalue weighted by Gasteiger charge is 2.55. The van der Waals surface area contributed by atoms with Gasteiger partial charge in [0.1, 0.15) is 5.58 Å². The summed E-state index contributed by atoms with van der Waals surface area (Å²) in [6.07, 6.45) is 12.1. The smallest absolute Gasteiger partial charge is 0.297 e. The summed E-state index contributed by atoms with van der Waals surface area (Å²) in [5.41, 5.74) is 22.2. The monoisotopic (exact) mass is 750 g/mol. The van der Waals surface area contributed by atoms with E-state index >= 15 is 0 Å². The summed E-state index contributed by atoms with van der Waals surface area (Å²) < 4.78 is 7.24. The van der Waals surface area contributed by atoms with Crippen LogP contribution in [0.3, 0.4) is 0 Å². The van der Waals surface area contributed by atoms with Gasteiger partial charge in [-0.1, -0.05) is 125 Å². The first-order valence-electron chi connectivity index (χ1n) is 21.9. The minimum absolute atomic E-state index is 0.0156. The molecule has 3 atom stereocenters. The molecule has 11 rings (SSSR count). The lowest BCUT2D eigenvalue weighted by Crippen LogP contribution is -2.64. The molecule has 4 heterocycles. The molecule has 0 amide bonds.